The largest absolute Gasteiger partial charge is 0.449 e. The first-order valence-electron chi connectivity index (χ1n) is 10.2. The second-order valence-corrected chi connectivity index (χ2v) is 8.10. The van der Waals surface area contributed by atoms with Crippen molar-refractivity contribution in [2.24, 2.45) is 23.2 Å². The highest BCUT2D eigenvalue weighted by Crippen LogP contribution is 2.53. The zero-order valence-electron chi connectivity index (χ0n) is 16.8. The maximum Gasteiger partial charge on any atom is 0.407 e. The van der Waals surface area contributed by atoms with Gasteiger partial charge in [0.2, 0.25) is 0 Å². The smallest absolute Gasteiger partial charge is 0.407 e. The lowest BCUT2D eigenvalue weighted by Gasteiger charge is -2.55. The summed E-state index contributed by atoms with van der Waals surface area (Å²) in [4.78, 5) is 12.0. The molecule has 1 aliphatic carbocycles. The van der Waals surface area contributed by atoms with Crippen LogP contribution in [0.25, 0.3) is 0 Å². The maximum atomic E-state index is 12.0. The van der Waals surface area contributed by atoms with Gasteiger partial charge in [0.15, 0.2) is 0 Å². The van der Waals surface area contributed by atoms with Crippen LogP contribution in [0.5, 0.6) is 0 Å². The molecule has 1 amide bonds. The van der Waals surface area contributed by atoms with Gasteiger partial charge in [0.1, 0.15) is 6.61 Å². The third-order valence-corrected chi connectivity index (χ3v) is 6.47. The van der Waals surface area contributed by atoms with Crippen molar-refractivity contribution >= 4 is 6.09 Å². The SMILES string of the molecule is CCCCNC(=O)OC[C@]12CO[C@H](CCCC)[C@H](C(C)=C[C@H]1C)[C@H]2C. The van der Waals surface area contributed by atoms with E-state index in [1.54, 1.807) is 0 Å². The molecule has 25 heavy (non-hydrogen) atoms. The van der Waals surface area contributed by atoms with E-state index in [4.69, 9.17) is 9.47 Å². The minimum absolute atomic E-state index is 0.102. The number of fused-ring (bicyclic) bond motifs is 2. The van der Waals surface area contributed by atoms with Gasteiger partial charge in [-0.05, 0) is 31.6 Å². The molecule has 0 spiro atoms. The van der Waals surface area contributed by atoms with E-state index in [2.05, 4.69) is 46.0 Å². The minimum atomic E-state index is -0.293. The number of carbonyl (C=O) groups is 1. The van der Waals surface area contributed by atoms with Gasteiger partial charge in [0.05, 0.1) is 12.7 Å². The summed E-state index contributed by atoms with van der Waals surface area (Å²) in [5.41, 5.74) is 1.35. The zero-order chi connectivity index (χ0) is 18.4. The standard InChI is InChI=1S/C21H37NO3/c1-6-8-10-18-19-15(3)12-16(4)21(13-24-18,17(19)5)14-25-20(23)22-11-9-7-2/h12,16-19H,6-11,13-14H2,1-5H3,(H,22,23)/t16-,17-,18-,19-,21-/m1/s1. The molecule has 4 nitrogen and oxygen atoms in total. The molecule has 0 aromatic heterocycles. The topological polar surface area (TPSA) is 47.6 Å². The van der Waals surface area contributed by atoms with Crippen molar-refractivity contribution < 1.29 is 14.3 Å². The van der Waals surface area contributed by atoms with E-state index in [1.807, 2.05) is 0 Å². The molecule has 1 fully saturated rings. The van der Waals surface area contributed by atoms with Crippen LogP contribution in [-0.4, -0.2) is 32.0 Å². The molecule has 0 radical (unpaired) electrons. The summed E-state index contributed by atoms with van der Waals surface area (Å²) in [6, 6.07) is 0. The predicted molar refractivity (Wildman–Crippen MR) is 102 cm³/mol. The summed E-state index contributed by atoms with van der Waals surface area (Å²) >= 11 is 0. The highest BCUT2D eigenvalue weighted by Gasteiger charge is 2.53. The van der Waals surface area contributed by atoms with Crippen molar-refractivity contribution in [1.82, 2.24) is 5.32 Å². The minimum Gasteiger partial charge on any atom is -0.449 e. The Hall–Kier alpha value is -1.03. The molecule has 1 heterocycles. The number of amides is 1. The number of ether oxygens (including phenoxy) is 2. The van der Waals surface area contributed by atoms with Crippen molar-refractivity contribution in [1.29, 1.82) is 0 Å². The quantitative estimate of drug-likeness (QED) is 0.498. The molecule has 5 atom stereocenters. The number of rotatable bonds is 8. The number of carbonyl (C=O) groups excluding carboxylic acids is 1. The Balaban J connectivity index is 2.05. The highest BCUT2D eigenvalue weighted by molar-refractivity contribution is 5.67. The van der Waals surface area contributed by atoms with Crippen LogP contribution in [0.2, 0.25) is 0 Å². The molecule has 0 aromatic rings. The molecule has 0 saturated carbocycles. The van der Waals surface area contributed by atoms with Crippen molar-refractivity contribution in [3.05, 3.63) is 11.6 Å². The molecular formula is C21H37NO3. The summed E-state index contributed by atoms with van der Waals surface area (Å²) in [6.45, 7) is 13.0. The van der Waals surface area contributed by atoms with Crippen LogP contribution in [0, 0.1) is 23.2 Å². The van der Waals surface area contributed by atoms with Gasteiger partial charge in [0.25, 0.3) is 0 Å². The van der Waals surface area contributed by atoms with E-state index in [-0.39, 0.29) is 11.5 Å². The van der Waals surface area contributed by atoms with Gasteiger partial charge in [-0.25, -0.2) is 4.79 Å². The summed E-state index contributed by atoms with van der Waals surface area (Å²) in [7, 11) is 0. The number of nitrogens with one attached hydrogen (secondary N) is 1. The predicted octanol–water partition coefficient (Wildman–Crippen LogP) is 4.94. The summed E-state index contributed by atoms with van der Waals surface area (Å²) < 4.78 is 12.0. The fourth-order valence-electron chi connectivity index (χ4n) is 4.67. The van der Waals surface area contributed by atoms with Crippen LogP contribution in [0.15, 0.2) is 11.6 Å². The molecule has 2 rings (SSSR count). The van der Waals surface area contributed by atoms with Crippen LogP contribution in [0.4, 0.5) is 4.79 Å². The average molecular weight is 352 g/mol. The third kappa shape index (κ3) is 4.39. The molecule has 1 saturated heterocycles. The number of allylic oxidation sites excluding steroid dienone is 1. The van der Waals surface area contributed by atoms with Crippen molar-refractivity contribution in [2.45, 2.75) is 72.8 Å². The average Bonchev–Trinajstić information content (AvgIpc) is 2.58. The maximum absolute atomic E-state index is 12.0. The zero-order valence-corrected chi connectivity index (χ0v) is 16.8. The van der Waals surface area contributed by atoms with Crippen LogP contribution < -0.4 is 5.32 Å². The molecule has 144 valence electrons. The van der Waals surface area contributed by atoms with E-state index in [9.17, 15) is 4.79 Å². The van der Waals surface area contributed by atoms with Crippen LogP contribution in [0.3, 0.4) is 0 Å². The Morgan fingerprint density at radius 1 is 1.32 bits per heavy atom. The summed E-state index contributed by atoms with van der Waals surface area (Å²) in [6.07, 6.45) is 8.00. The van der Waals surface area contributed by atoms with Gasteiger partial charge in [-0.3, -0.25) is 0 Å². The highest BCUT2D eigenvalue weighted by atomic mass is 16.6. The molecule has 4 heteroatoms. The van der Waals surface area contributed by atoms with Gasteiger partial charge >= 0.3 is 6.09 Å². The lowest BCUT2D eigenvalue weighted by atomic mass is 9.56. The number of hydrogen-bond donors (Lipinski definition) is 1. The van der Waals surface area contributed by atoms with Crippen molar-refractivity contribution in [2.75, 3.05) is 19.8 Å². The fraction of sp³-hybridized carbons (Fsp3) is 0.857. The Morgan fingerprint density at radius 3 is 2.72 bits per heavy atom. The molecular weight excluding hydrogens is 314 g/mol. The van der Waals surface area contributed by atoms with Crippen molar-refractivity contribution in [3.63, 3.8) is 0 Å². The summed E-state index contributed by atoms with van der Waals surface area (Å²) in [5.74, 6) is 1.27. The van der Waals surface area contributed by atoms with E-state index < -0.39 is 0 Å². The number of hydrogen-bond acceptors (Lipinski definition) is 3. The van der Waals surface area contributed by atoms with Crippen LogP contribution in [0.1, 0.15) is 66.7 Å². The Labute approximate surface area is 153 Å². The Kier molecular flexibility index (Phi) is 7.36. The van der Waals surface area contributed by atoms with E-state index in [1.165, 1.54) is 18.4 Å². The Morgan fingerprint density at radius 2 is 2.04 bits per heavy atom. The van der Waals surface area contributed by atoms with Crippen molar-refractivity contribution in [3.8, 4) is 0 Å². The van der Waals surface area contributed by atoms with Crippen LogP contribution in [-0.2, 0) is 9.47 Å². The van der Waals surface area contributed by atoms with Gasteiger partial charge in [-0.1, -0.05) is 58.6 Å². The van der Waals surface area contributed by atoms with Gasteiger partial charge in [0, 0.05) is 17.9 Å². The first-order chi connectivity index (χ1) is 12.0. The Bertz CT molecular complexity index is 476. The van der Waals surface area contributed by atoms with E-state index in [0.717, 1.165) is 19.3 Å². The molecule has 2 bridgehead atoms. The number of alkyl carbamates (subject to hydrolysis) is 1. The van der Waals surface area contributed by atoms with Gasteiger partial charge in [-0.2, -0.15) is 0 Å². The molecule has 0 aromatic carbocycles. The third-order valence-electron chi connectivity index (χ3n) is 6.47. The second-order valence-electron chi connectivity index (χ2n) is 8.10. The van der Waals surface area contributed by atoms with Gasteiger partial charge in [-0.15, -0.1) is 0 Å². The lowest BCUT2D eigenvalue weighted by molar-refractivity contribution is -0.165. The number of unbranched alkanes of at least 4 members (excludes halogenated alkanes) is 2. The van der Waals surface area contributed by atoms with E-state index >= 15 is 0 Å². The molecule has 1 N–H and O–H groups in total. The second kappa shape index (κ2) is 9.07. The molecule has 1 aliphatic heterocycles. The first-order valence-corrected chi connectivity index (χ1v) is 10.2. The monoisotopic (exact) mass is 351 g/mol. The summed E-state index contributed by atoms with van der Waals surface area (Å²) in [5, 5.41) is 2.85. The first kappa shape index (κ1) is 20.3. The normalized spacial score (nSPS) is 34.4. The molecule has 2 aliphatic rings. The van der Waals surface area contributed by atoms with Crippen LogP contribution >= 0.6 is 0 Å². The van der Waals surface area contributed by atoms with Gasteiger partial charge < -0.3 is 14.8 Å². The fourth-order valence-corrected chi connectivity index (χ4v) is 4.67. The molecule has 0 unspecified atom stereocenters. The van der Waals surface area contributed by atoms with E-state index in [0.29, 0.717) is 43.6 Å². The lowest BCUT2D eigenvalue weighted by Crippen LogP contribution is -2.57.